The first kappa shape index (κ1) is 23.0. The molecule has 1 amide bonds. The van der Waals surface area contributed by atoms with Crippen molar-refractivity contribution in [2.45, 2.75) is 10.6 Å². The number of phenolic OH excluding ortho intramolecular Hbond substituents is 1. The van der Waals surface area contributed by atoms with Crippen LogP contribution in [0.25, 0.3) is 11.1 Å². The zero-order chi connectivity index (χ0) is 23.5. The van der Waals surface area contributed by atoms with E-state index in [9.17, 15) is 23.1 Å². The molecule has 0 heterocycles. The molecule has 1 N–H and O–H groups in total. The standard InChI is InChI=1S/C24H23NO6S/c1-25(2)23(27)18-10-8-17(9-11-18)19-5-4-6-20(14-19)32(29,30)15-16-7-12-21(22(26)13-16)24(28)31-3/h4-14,26H,15H2,1-3H3. The van der Waals surface area contributed by atoms with E-state index in [4.69, 9.17) is 0 Å². The van der Waals surface area contributed by atoms with Crippen molar-refractivity contribution in [2.24, 2.45) is 0 Å². The number of carbonyl (C=O) groups excluding carboxylic acids is 2. The van der Waals surface area contributed by atoms with E-state index in [-0.39, 0.29) is 27.9 Å². The minimum Gasteiger partial charge on any atom is -0.507 e. The number of esters is 1. The third kappa shape index (κ3) is 4.97. The van der Waals surface area contributed by atoms with Gasteiger partial charge in [0, 0.05) is 19.7 Å². The van der Waals surface area contributed by atoms with Crippen molar-refractivity contribution in [1.82, 2.24) is 4.90 Å². The summed E-state index contributed by atoms with van der Waals surface area (Å²) in [4.78, 5) is 25.3. The Labute approximate surface area is 186 Å². The molecule has 0 fully saturated rings. The van der Waals surface area contributed by atoms with Crippen LogP contribution >= 0.6 is 0 Å². The fourth-order valence-electron chi connectivity index (χ4n) is 3.18. The van der Waals surface area contributed by atoms with Crippen molar-refractivity contribution in [3.63, 3.8) is 0 Å². The van der Waals surface area contributed by atoms with E-state index in [1.807, 2.05) is 0 Å². The van der Waals surface area contributed by atoms with Gasteiger partial charge in [-0.1, -0.05) is 30.3 Å². The molecule has 7 nitrogen and oxygen atoms in total. The molecule has 8 heteroatoms. The summed E-state index contributed by atoms with van der Waals surface area (Å²) >= 11 is 0. The fourth-order valence-corrected chi connectivity index (χ4v) is 4.56. The summed E-state index contributed by atoms with van der Waals surface area (Å²) in [6, 6.07) is 17.5. The topological polar surface area (TPSA) is 101 Å². The second-order valence-corrected chi connectivity index (χ2v) is 9.40. The maximum Gasteiger partial charge on any atom is 0.341 e. The molecule has 0 aliphatic heterocycles. The minimum absolute atomic E-state index is 0.0353. The highest BCUT2D eigenvalue weighted by molar-refractivity contribution is 7.90. The van der Waals surface area contributed by atoms with Crippen LogP contribution in [0.4, 0.5) is 0 Å². The molecule has 0 unspecified atom stereocenters. The van der Waals surface area contributed by atoms with Gasteiger partial charge in [0.05, 0.1) is 17.8 Å². The van der Waals surface area contributed by atoms with Crippen molar-refractivity contribution in [1.29, 1.82) is 0 Å². The zero-order valence-electron chi connectivity index (χ0n) is 17.9. The predicted octanol–water partition coefficient (Wildman–Crippen LogP) is 3.52. The van der Waals surface area contributed by atoms with E-state index in [0.29, 0.717) is 16.7 Å². The van der Waals surface area contributed by atoms with E-state index in [0.717, 1.165) is 5.56 Å². The van der Waals surface area contributed by atoms with E-state index in [2.05, 4.69) is 4.74 Å². The van der Waals surface area contributed by atoms with Gasteiger partial charge in [0.25, 0.3) is 5.91 Å². The lowest BCUT2D eigenvalue weighted by Gasteiger charge is -2.11. The first-order chi connectivity index (χ1) is 15.1. The quantitative estimate of drug-likeness (QED) is 0.573. The molecule has 3 aromatic carbocycles. The number of benzene rings is 3. The van der Waals surface area contributed by atoms with Crippen LogP contribution in [0.5, 0.6) is 5.75 Å². The molecule has 0 atom stereocenters. The molecule has 0 radical (unpaired) electrons. The van der Waals surface area contributed by atoms with Crippen LogP contribution in [0.3, 0.4) is 0 Å². The molecule has 0 spiro atoms. The Morgan fingerprint density at radius 1 is 0.938 bits per heavy atom. The third-order valence-corrected chi connectivity index (χ3v) is 6.57. The van der Waals surface area contributed by atoms with Crippen LogP contribution in [0.1, 0.15) is 26.3 Å². The smallest absolute Gasteiger partial charge is 0.341 e. The molecule has 3 rings (SSSR count). The van der Waals surface area contributed by atoms with Gasteiger partial charge in [-0.05, 0) is 53.1 Å². The lowest BCUT2D eigenvalue weighted by molar-refractivity contribution is 0.0597. The maximum absolute atomic E-state index is 13.0. The first-order valence-corrected chi connectivity index (χ1v) is 11.3. The van der Waals surface area contributed by atoms with Crippen LogP contribution in [0.15, 0.2) is 71.6 Å². The molecular formula is C24H23NO6S. The van der Waals surface area contributed by atoms with E-state index in [1.54, 1.807) is 56.6 Å². The van der Waals surface area contributed by atoms with E-state index >= 15 is 0 Å². The lowest BCUT2D eigenvalue weighted by Crippen LogP contribution is -2.21. The highest BCUT2D eigenvalue weighted by Gasteiger charge is 2.19. The Balaban J connectivity index is 1.86. The molecule has 0 aliphatic carbocycles. The van der Waals surface area contributed by atoms with Gasteiger partial charge in [0.1, 0.15) is 11.3 Å². The number of amides is 1. The lowest BCUT2D eigenvalue weighted by atomic mass is 10.0. The average Bonchev–Trinajstić information content (AvgIpc) is 2.78. The van der Waals surface area contributed by atoms with Crippen molar-refractivity contribution in [3.05, 3.63) is 83.4 Å². The number of hydrogen-bond acceptors (Lipinski definition) is 6. The Morgan fingerprint density at radius 2 is 1.62 bits per heavy atom. The van der Waals surface area contributed by atoms with Crippen LogP contribution < -0.4 is 0 Å². The van der Waals surface area contributed by atoms with E-state index < -0.39 is 15.8 Å². The summed E-state index contributed by atoms with van der Waals surface area (Å²) in [5.74, 6) is -1.51. The second kappa shape index (κ2) is 9.23. The molecule has 0 saturated heterocycles. The summed E-state index contributed by atoms with van der Waals surface area (Å²) < 4.78 is 30.5. The zero-order valence-corrected chi connectivity index (χ0v) is 18.7. The van der Waals surface area contributed by atoms with Gasteiger partial charge >= 0.3 is 5.97 Å². The number of hydrogen-bond donors (Lipinski definition) is 1. The Bertz CT molecular complexity index is 1260. The highest BCUT2D eigenvalue weighted by Crippen LogP contribution is 2.27. The Kier molecular flexibility index (Phi) is 6.64. The number of nitrogens with zero attached hydrogens (tertiary/aromatic N) is 1. The molecule has 3 aromatic rings. The summed E-state index contributed by atoms with van der Waals surface area (Å²) in [5.41, 5.74) is 2.31. The van der Waals surface area contributed by atoms with Gasteiger partial charge < -0.3 is 14.7 Å². The first-order valence-electron chi connectivity index (χ1n) is 9.67. The number of carbonyl (C=O) groups is 2. The summed E-state index contributed by atoms with van der Waals surface area (Å²) in [6.45, 7) is 0. The van der Waals surface area contributed by atoms with Gasteiger partial charge in [-0.25, -0.2) is 13.2 Å². The number of ether oxygens (including phenoxy) is 1. The normalized spacial score (nSPS) is 11.1. The van der Waals surface area contributed by atoms with Gasteiger partial charge in [-0.3, -0.25) is 4.79 Å². The monoisotopic (exact) mass is 453 g/mol. The third-order valence-electron chi connectivity index (χ3n) is 4.89. The Morgan fingerprint density at radius 3 is 2.22 bits per heavy atom. The fraction of sp³-hybridized carbons (Fsp3) is 0.167. The van der Waals surface area contributed by atoms with Gasteiger partial charge in [-0.15, -0.1) is 0 Å². The maximum atomic E-state index is 13.0. The summed E-state index contributed by atoms with van der Waals surface area (Å²) in [7, 11) is 0.823. The van der Waals surface area contributed by atoms with Crippen LogP contribution in [-0.4, -0.2) is 51.5 Å². The number of phenols is 1. The minimum atomic E-state index is -3.72. The molecule has 166 valence electrons. The highest BCUT2D eigenvalue weighted by atomic mass is 32.2. The number of aromatic hydroxyl groups is 1. The summed E-state index contributed by atoms with van der Waals surface area (Å²) in [5, 5.41) is 10.0. The van der Waals surface area contributed by atoms with Crippen molar-refractivity contribution in [3.8, 4) is 16.9 Å². The molecule has 0 saturated carbocycles. The predicted molar refractivity (Wildman–Crippen MR) is 120 cm³/mol. The summed E-state index contributed by atoms with van der Waals surface area (Å²) in [6.07, 6.45) is 0. The number of rotatable bonds is 6. The average molecular weight is 454 g/mol. The number of methoxy groups -OCH3 is 1. The van der Waals surface area contributed by atoms with E-state index in [1.165, 1.54) is 36.3 Å². The van der Waals surface area contributed by atoms with Gasteiger partial charge in [-0.2, -0.15) is 0 Å². The largest absolute Gasteiger partial charge is 0.507 e. The van der Waals surface area contributed by atoms with Crippen LogP contribution in [0, 0.1) is 0 Å². The van der Waals surface area contributed by atoms with Crippen LogP contribution in [-0.2, 0) is 20.3 Å². The van der Waals surface area contributed by atoms with Crippen molar-refractivity contribution < 1.29 is 27.9 Å². The number of sulfone groups is 1. The van der Waals surface area contributed by atoms with Crippen molar-refractivity contribution in [2.75, 3.05) is 21.2 Å². The van der Waals surface area contributed by atoms with Crippen LogP contribution in [0.2, 0.25) is 0 Å². The second-order valence-electron chi connectivity index (χ2n) is 7.41. The molecule has 0 bridgehead atoms. The molecular weight excluding hydrogens is 430 g/mol. The van der Waals surface area contributed by atoms with Gasteiger partial charge in [0.2, 0.25) is 0 Å². The molecule has 32 heavy (non-hydrogen) atoms. The van der Waals surface area contributed by atoms with Crippen molar-refractivity contribution >= 4 is 21.7 Å². The molecule has 0 aromatic heterocycles. The Hall–Kier alpha value is -3.65. The van der Waals surface area contributed by atoms with Gasteiger partial charge in [0.15, 0.2) is 9.84 Å². The SMILES string of the molecule is COC(=O)c1ccc(CS(=O)(=O)c2cccc(-c3ccc(C(=O)N(C)C)cc3)c2)cc1O. The molecule has 0 aliphatic rings.